The van der Waals surface area contributed by atoms with Gasteiger partial charge in [0.1, 0.15) is 5.82 Å². The zero-order valence-corrected chi connectivity index (χ0v) is 16.4. The quantitative estimate of drug-likeness (QED) is 0.410. The Morgan fingerprint density at radius 1 is 1.17 bits per heavy atom. The first-order chi connectivity index (χ1) is 11.2. The summed E-state index contributed by atoms with van der Waals surface area (Å²) in [5.74, 6) is 0.474. The van der Waals surface area contributed by atoms with Crippen LogP contribution < -0.4 is 10.6 Å². The van der Waals surface area contributed by atoms with E-state index in [1.54, 1.807) is 18.3 Å². The van der Waals surface area contributed by atoms with Gasteiger partial charge in [-0.3, -0.25) is 4.98 Å². The van der Waals surface area contributed by atoms with Gasteiger partial charge in [-0.1, -0.05) is 18.2 Å². The van der Waals surface area contributed by atoms with Crippen molar-refractivity contribution in [3.63, 3.8) is 0 Å². The Hall–Kier alpha value is -1.70. The van der Waals surface area contributed by atoms with Gasteiger partial charge in [0.2, 0.25) is 0 Å². The lowest BCUT2D eigenvalue weighted by Crippen LogP contribution is -2.38. The highest BCUT2D eigenvalue weighted by Crippen LogP contribution is 2.07. The third-order valence-electron chi connectivity index (χ3n) is 3.53. The second-order valence-electron chi connectivity index (χ2n) is 5.27. The number of aryl methyl sites for hydroxylation is 1. The van der Waals surface area contributed by atoms with Crippen LogP contribution in [0.25, 0.3) is 0 Å². The first kappa shape index (κ1) is 20.3. The molecule has 0 saturated heterocycles. The van der Waals surface area contributed by atoms with E-state index in [0.717, 1.165) is 19.5 Å². The number of hydrogen-bond acceptors (Lipinski definition) is 2. The average molecular weight is 442 g/mol. The zero-order chi connectivity index (χ0) is 16.5. The van der Waals surface area contributed by atoms with Gasteiger partial charge < -0.3 is 10.6 Å². The number of aromatic nitrogens is 1. The molecule has 0 aliphatic carbocycles. The zero-order valence-electron chi connectivity index (χ0n) is 14.1. The third-order valence-corrected chi connectivity index (χ3v) is 3.53. The maximum atomic E-state index is 13.6. The lowest BCUT2D eigenvalue weighted by Gasteiger charge is -2.12. The molecule has 4 nitrogen and oxygen atoms in total. The number of nitrogens with one attached hydrogen (secondary N) is 2. The summed E-state index contributed by atoms with van der Waals surface area (Å²) in [6.45, 7) is 5.90. The van der Waals surface area contributed by atoms with E-state index in [1.807, 2.05) is 25.3 Å². The molecule has 0 radical (unpaired) electrons. The number of hydrogen-bond donors (Lipinski definition) is 2. The molecule has 2 aromatic rings. The van der Waals surface area contributed by atoms with Crippen LogP contribution >= 0.6 is 24.0 Å². The number of pyridine rings is 1. The highest BCUT2D eigenvalue weighted by atomic mass is 127. The molecule has 2 rings (SSSR count). The molecule has 0 bridgehead atoms. The van der Waals surface area contributed by atoms with Crippen LogP contribution in [-0.2, 0) is 13.0 Å². The molecule has 1 aromatic carbocycles. The van der Waals surface area contributed by atoms with E-state index >= 15 is 0 Å². The summed E-state index contributed by atoms with van der Waals surface area (Å²) in [5.41, 5.74) is 3.04. The van der Waals surface area contributed by atoms with Crippen LogP contribution in [0.15, 0.2) is 47.7 Å². The van der Waals surface area contributed by atoms with Gasteiger partial charge >= 0.3 is 0 Å². The van der Waals surface area contributed by atoms with E-state index in [-0.39, 0.29) is 29.8 Å². The van der Waals surface area contributed by atoms with Crippen molar-refractivity contribution in [3.05, 3.63) is 65.2 Å². The van der Waals surface area contributed by atoms with Crippen molar-refractivity contribution in [3.8, 4) is 0 Å². The van der Waals surface area contributed by atoms with E-state index < -0.39 is 0 Å². The minimum Gasteiger partial charge on any atom is -0.357 e. The third kappa shape index (κ3) is 6.43. The number of rotatable bonds is 6. The van der Waals surface area contributed by atoms with Crippen LogP contribution in [0.1, 0.15) is 23.6 Å². The van der Waals surface area contributed by atoms with Crippen LogP contribution in [0.3, 0.4) is 0 Å². The van der Waals surface area contributed by atoms with Gasteiger partial charge in [0.05, 0.1) is 6.54 Å². The van der Waals surface area contributed by atoms with Gasteiger partial charge in [-0.25, -0.2) is 9.38 Å². The molecule has 0 aliphatic rings. The first-order valence-corrected chi connectivity index (χ1v) is 7.85. The highest BCUT2D eigenvalue weighted by Gasteiger charge is 2.02. The van der Waals surface area contributed by atoms with Gasteiger partial charge in [0.15, 0.2) is 5.96 Å². The maximum absolute atomic E-state index is 13.6. The molecule has 0 fully saturated rings. The van der Waals surface area contributed by atoms with Gasteiger partial charge in [0, 0.05) is 31.0 Å². The second-order valence-corrected chi connectivity index (χ2v) is 5.27. The highest BCUT2D eigenvalue weighted by molar-refractivity contribution is 14.0. The Bertz CT molecular complexity index is 661. The molecule has 0 saturated carbocycles. The molecule has 0 amide bonds. The van der Waals surface area contributed by atoms with E-state index in [0.29, 0.717) is 18.1 Å². The minimum atomic E-state index is -0.223. The van der Waals surface area contributed by atoms with Crippen molar-refractivity contribution in [1.29, 1.82) is 0 Å². The number of benzene rings is 1. The molecule has 0 atom stereocenters. The largest absolute Gasteiger partial charge is 0.357 e. The molecule has 1 aromatic heterocycles. The summed E-state index contributed by atoms with van der Waals surface area (Å²) in [4.78, 5) is 8.54. The average Bonchev–Trinajstić information content (AvgIpc) is 2.55. The molecular weight excluding hydrogens is 418 g/mol. The smallest absolute Gasteiger partial charge is 0.191 e. The van der Waals surface area contributed by atoms with E-state index in [9.17, 15) is 4.39 Å². The standard InChI is InChI=1S/C18H23FN4.HI/c1-3-21-18(23-13-16-6-4-5-7-17(16)19)22-11-9-15-8-10-20-12-14(15)2;/h4-8,10,12H,3,9,11,13H2,1-2H3,(H2,21,22,23);1H. The number of nitrogens with zero attached hydrogens (tertiary/aromatic N) is 2. The molecule has 0 spiro atoms. The van der Waals surface area contributed by atoms with Gasteiger partial charge in [-0.2, -0.15) is 0 Å². The van der Waals surface area contributed by atoms with Gasteiger partial charge in [-0.05, 0) is 43.5 Å². The summed E-state index contributed by atoms with van der Waals surface area (Å²) in [6, 6.07) is 8.74. The van der Waals surface area contributed by atoms with Crippen LogP contribution in [0.5, 0.6) is 0 Å². The van der Waals surface area contributed by atoms with Crippen LogP contribution in [0.4, 0.5) is 4.39 Å². The van der Waals surface area contributed by atoms with Crippen LogP contribution in [0.2, 0.25) is 0 Å². The summed E-state index contributed by atoms with van der Waals surface area (Å²) in [7, 11) is 0. The number of halogens is 2. The fourth-order valence-corrected chi connectivity index (χ4v) is 2.23. The Balaban J connectivity index is 0.00000288. The molecule has 130 valence electrons. The molecule has 2 N–H and O–H groups in total. The number of guanidine groups is 1. The lowest BCUT2D eigenvalue weighted by molar-refractivity contribution is 0.610. The van der Waals surface area contributed by atoms with Crippen molar-refractivity contribution in [2.24, 2.45) is 4.99 Å². The molecule has 24 heavy (non-hydrogen) atoms. The van der Waals surface area contributed by atoms with Crippen molar-refractivity contribution < 1.29 is 4.39 Å². The molecular formula is C18H24FIN4. The Labute approximate surface area is 160 Å². The van der Waals surface area contributed by atoms with Crippen molar-refractivity contribution in [1.82, 2.24) is 15.6 Å². The predicted molar refractivity (Wildman–Crippen MR) is 107 cm³/mol. The summed E-state index contributed by atoms with van der Waals surface area (Å²) >= 11 is 0. The van der Waals surface area contributed by atoms with Gasteiger partial charge in [-0.15, -0.1) is 24.0 Å². The van der Waals surface area contributed by atoms with Crippen molar-refractivity contribution in [2.45, 2.75) is 26.8 Å². The fraction of sp³-hybridized carbons (Fsp3) is 0.333. The first-order valence-electron chi connectivity index (χ1n) is 7.85. The molecule has 6 heteroatoms. The lowest BCUT2D eigenvalue weighted by atomic mass is 10.1. The van der Waals surface area contributed by atoms with Crippen molar-refractivity contribution in [2.75, 3.05) is 13.1 Å². The molecule has 0 aliphatic heterocycles. The van der Waals surface area contributed by atoms with E-state index in [2.05, 4.69) is 27.5 Å². The summed E-state index contributed by atoms with van der Waals surface area (Å²) in [5, 5.41) is 6.46. The minimum absolute atomic E-state index is 0. The SMILES string of the molecule is CCNC(=NCc1ccccc1F)NCCc1ccncc1C.I. The Morgan fingerprint density at radius 2 is 1.96 bits per heavy atom. The molecule has 1 heterocycles. The predicted octanol–water partition coefficient (Wildman–Crippen LogP) is 3.44. The van der Waals surface area contributed by atoms with Gasteiger partial charge in [0.25, 0.3) is 0 Å². The maximum Gasteiger partial charge on any atom is 0.191 e. The fourth-order valence-electron chi connectivity index (χ4n) is 2.23. The number of aliphatic imine (C=N–C) groups is 1. The normalized spacial score (nSPS) is 10.9. The van der Waals surface area contributed by atoms with Crippen LogP contribution in [-0.4, -0.2) is 24.0 Å². The Kier molecular flexibility index (Phi) is 9.29. The monoisotopic (exact) mass is 442 g/mol. The van der Waals surface area contributed by atoms with E-state index in [1.165, 1.54) is 17.2 Å². The van der Waals surface area contributed by atoms with Crippen molar-refractivity contribution >= 4 is 29.9 Å². The summed E-state index contributed by atoms with van der Waals surface area (Å²) < 4.78 is 13.6. The summed E-state index contributed by atoms with van der Waals surface area (Å²) in [6.07, 6.45) is 4.56. The Morgan fingerprint density at radius 3 is 2.67 bits per heavy atom. The topological polar surface area (TPSA) is 49.3 Å². The van der Waals surface area contributed by atoms with E-state index in [4.69, 9.17) is 0 Å². The van der Waals surface area contributed by atoms with Crippen LogP contribution in [0, 0.1) is 12.7 Å². The molecule has 0 unspecified atom stereocenters. The second kappa shape index (κ2) is 11.0.